The van der Waals surface area contributed by atoms with Gasteiger partial charge >= 0.3 is 30.3 Å². The molecule has 0 radical (unpaired) electrons. The van der Waals surface area contributed by atoms with E-state index < -0.39 is 46.3 Å². The number of ether oxygens (including phenoxy) is 1. The first-order chi connectivity index (χ1) is 22.6. The average Bonchev–Trinajstić information content (AvgIpc) is 3.44. The molecule has 0 aliphatic carbocycles. The molecule has 0 spiro atoms. The SMILES string of the molecule is COC(=O)[C@@H]1CN(Cc2ccc(-c3ccccc3S(N)(=O)=O)cc2)O[C@H]1c1cccc(C(=N)N)c1.O=C(O)C(F)(F)F.O=C(O)C(F)(F)F. The number of amidine groups is 1. The number of sulfonamides is 1. The van der Waals surface area contributed by atoms with Gasteiger partial charge < -0.3 is 20.7 Å². The Kier molecular flexibility index (Phi) is 13.4. The van der Waals surface area contributed by atoms with Crippen molar-refractivity contribution in [1.29, 1.82) is 5.41 Å². The maximum atomic E-state index is 12.5. The number of carboxylic acid groups (broad SMARTS) is 2. The summed E-state index contributed by atoms with van der Waals surface area (Å²) in [6.45, 7) is 0.713. The fourth-order valence-corrected chi connectivity index (χ4v) is 4.93. The number of hydrogen-bond acceptors (Lipinski definition) is 9. The van der Waals surface area contributed by atoms with E-state index in [1.54, 1.807) is 41.5 Å². The van der Waals surface area contributed by atoms with Gasteiger partial charge in [0.05, 0.1) is 12.0 Å². The van der Waals surface area contributed by atoms with Crippen LogP contribution in [-0.2, 0) is 40.5 Å². The number of aliphatic carboxylic acids is 2. The zero-order chi connectivity index (χ0) is 37.3. The van der Waals surface area contributed by atoms with Crippen LogP contribution in [0.3, 0.4) is 0 Å². The minimum atomic E-state index is -5.08. The Morgan fingerprint density at radius 2 is 1.47 bits per heavy atom. The molecule has 1 aliphatic rings. The Morgan fingerprint density at radius 3 is 1.94 bits per heavy atom. The Hall–Kier alpha value is -5.05. The van der Waals surface area contributed by atoms with Crippen LogP contribution in [-0.4, -0.2) is 73.4 Å². The maximum absolute atomic E-state index is 12.5. The van der Waals surface area contributed by atoms with Gasteiger partial charge in [-0.05, 0) is 28.8 Å². The quantitative estimate of drug-likeness (QED) is 0.102. The molecular formula is C29H28F6N4O9S. The van der Waals surface area contributed by atoms with E-state index in [2.05, 4.69) is 0 Å². The molecule has 0 aromatic heterocycles. The fraction of sp³-hybridized carbons (Fsp3) is 0.241. The maximum Gasteiger partial charge on any atom is 0.490 e. The van der Waals surface area contributed by atoms with Crippen molar-refractivity contribution in [3.8, 4) is 11.1 Å². The van der Waals surface area contributed by atoms with Crippen LogP contribution in [0.15, 0.2) is 77.7 Å². The summed E-state index contributed by atoms with van der Waals surface area (Å²) in [5.74, 6) is -6.52. The molecule has 4 rings (SSSR count). The number of benzene rings is 3. The van der Waals surface area contributed by atoms with Crippen molar-refractivity contribution in [3.63, 3.8) is 0 Å². The number of nitrogens with one attached hydrogen (secondary N) is 1. The largest absolute Gasteiger partial charge is 0.490 e. The molecule has 0 bridgehead atoms. The van der Waals surface area contributed by atoms with Crippen molar-refractivity contribution >= 4 is 33.8 Å². The van der Waals surface area contributed by atoms with E-state index >= 15 is 0 Å². The van der Waals surface area contributed by atoms with E-state index in [1.807, 2.05) is 30.3 Å². The highest BCUT2D eigenvalue weighted by molar-refractivity contribution is 7.89. The number of nitrogens with two attached hydrogens (primary N) is 2. The van der Waals surface area contributed by atoms with Crippen LogP contribution in [0.2, 0.25) is 0 Å². The van der Waals surface area contributed by atoms with Crippen LogP contribution in [0, 0.1) is 11.3 Å². The van der Waals surface area contributed by atoms with Gasteiger partial charge in [-0.15, -0.1) is 0 Å². The fourth-order valence-electron chi connectivity index (χ4n) is 4.17. The van der Waals surface area contributed by atoms with Crippen molar-refractivity contribution in [2.75, 3.05) is 13.7 Å². The number of hydroxylamine groups is 2. The summed E-state index contributed by atoms with van der Waals surface area (Å²) in [6, 6.07) is 21.0. The Balaban J connectivity index is 0.000000500. The van der Waals surface area contributed by atoms with Gasteiger partial charge in [0.25, 0.3) is 0 Å². The van der Waals surface area contributed by atoms with E-state index in [0.29, 0.717) is 29.8 Å². The van der Waals surface area contributed by atoms with E-state index in [-0.39, 0.29) is 16.7 Å². The molecule has 49 heavy (non-hydrogen) atoms. The van der Waals surface area contributed by atoms with Gasteiger partial charge in [-0.3, -0.25) is 15.0 Å². The van der Waals surface area contributed by atoms with Crippen molar-refractivity contribution in [2.24, 2.45) is 16.8 Å². The predicted octanol–water partition coefficient (Wildman–Crippen LogP) is 3.83. The minimum Gasteiger partial charge on any atom is -0.475 e. The van der Waals surface area contributed by atoms with E-state index in [4.69, 9.17) is 45.7 Å². The Labute approximate surface area is 274 Å². The third-order valence-electron chi connectivity index (χ3n) is 6.36. The Morgan fingerprint density at radius 1 is 0.939 bits per heavy atom. The average molecular weight is 723 g/mol. The first kappa shape index (κ1) is 40.1. The lowest BCUT2D eigenvalue weighted by molar-refractivity contribution is -0.193. The molecule has 1 aliphatic heterocycles. The summed E-state index contributed by atoms with van der Waals surface area (Å²) in [5.41, 5.74) is 9.04. The summed E-state index contributed by atoms with van der Waals surface area (Å²) < 4.78 is 92.3. The number of carbonyl (C=O) groups is 3. The molecule has 3 aromatic rings. The zero-order valence-electron chi connectivity index (χ0n) is 25.0. The third-order valence-corrected chi connectivity index (χ3v) is 7.33. The van der Waals surface area contributed by atoms with Crippen LogP contribution in [0.5, 0.6) is 0 Å². The second-order valence-corrected chi connectivity index (χ2v) is 11.4. The molecule has 2 atom stereocenters. The topological polar surface area (TPSA) is 223 Å². The number of methoxy groups -OCH3 is 1. The number of nitrogen functional groups attached to an aromatic ring is 1. The van der Waals surface area contributed by atoms with Crippen molar-refractivity contribution in [1.82, 2.24) is 5.06 Å². The number of carbonyl (C=O) groups excluding carboxylic acids is 1. The van der Waals surface area contributed by atoms with Gasteiger partial charge in [0.2, 0.25) is 10.0 Å². The number of rotatable bonds is 7. The van der Waals surface area contributed by atoms with Gasteiger partial charge in [0.15, 0.2) is 0 Å². The number of halogens is 6. The first-order valence-corrected chi connectivity index (χ1v) is 14.9. The second kappa shape index (κ2) is 16.4. The number of nitrogens with zero attached hydrogens (tertiary/aromatic N) is 1. The van der Waals surface area contributed by atoms with Crippen molar-refractivity contribution in [2.45, 2.75) is 29.9 Å². The van der Waals surface area contributed by atoms with Crippen LogP contribution in [0.1, 0.15) is 22.8 Å². The molecule has 13 nitrogen and oxygen atoms in total. The lowest BCUT2D eigenvalue weighted by Gasteiger charge is -2.18. The second-order valence-electron chi connectivity index (χ2n) is 9.86. The molecular weight excluding hydrogens is 694 g/mol. The number of esters is 1. The van der Waals surface area contributed by atoms with Crippen molar-refractivity contribution < 1.29 is 68.9 Å². The van der Waals surface area contributed by atoms with Crippen LogP contribution < -0.4 is 10.9 Å². The smallest absolute Gasteiger partial charge is 0.475 e. The first-order valence-electron chi connectivity index (χ1n) is 13.3. The predicted molar refractivity (Wildman–Crippen MR) is 158 cm³/mol. The molecule has 1 saturated heterocycles. The molecule has 1 fully saturated rings. The number of alkyl halides is 6. The summed E-state index contributed by atoms with van der Waals surface area (Å²) in [6.07, 6.45) is -10.7. The molecule has 20 heteroatoms. The highest BCUT2D eigenvalue weighted by Crippen LogP contribution is 2.36. The highest BCUT2D eigenvalue weighted by atomic mass is 32.2. The van der Waals surface area contributed by atoms with Crippen LogP contribution >= 0.6 is 0 Å². The lowest BCUT2D eigenvalue weighted by Crippen LogP contribution is -2.24. The van der Waals surface area contributed by atoms with Gasteiger partial charge in [-0.2, -0.15) is 31.4 Å². The molecule has 0 unspecified atom stereocenters. The van der Waals surface area contributed by atoms with Crippen molar-refractivity contribution in [3.05, 3.63) is 89.5 Å². The van der Waals surface area contributed by atoms with Crippen LogP contribution in [0.4, 0.5) is 26.3 Å². The number of primary sulfonamides is 1. The van der Waals surface area contributed by atoms with Crippen LogP contribution in [0.25, 0.3) is 11.1 Å². The third kappa shape index (κ3) is 11.9. The van der Waals surface area contributed by atoms with E-state index in [9.17, 15) is 39.6 Å². The van der Waals surface area contributed by atoms with Gasteiger partial charge in [-0.1, -0.05) is 60.7 Å². The molecule has 0 saturated carbocycles. The minimum absolute atomic E-state index is 0.0622. The van der Waals surface area contributed by atoms with Gasteiger partial charge in [0, 0.05) is 24.2 Å². The molecule has 0 amide bonds. The standard InChI is InChI=1S/C25H26N4O5S.2C2HF3O2/c1-33-25(30)21-15-29(34-23(21)18-5-4-6-19(13-18)24(26)27)14-16-9-11-17(12-10-16)20-7-2-3-8-22(20)35(28,31)32;2*3-2(4,5)1(6)7/h2-13,21,23H,14-15H2,1H3,(H3,26,27)(H2,28,31,32);2*(H,6,7)/t21-,23+;;/m1../s1. The summed E-state index contributed by atoms with van der Waals surface area (Å²) in [7, 11) is -2.52. The van der Waals surface area contributed by atoms with E-state index in [0.717, 1.165) is 11.1 Å². The Bertz CT molecular complexity index is 1740. The number of carboxylic acids is 2. The molecule has 3 aromatic carbocycles. The summed E-state index contributed by atoms with van der Waals surface area (Å²) in [4.78, 5) is 36.5. The number of hydrogen-bond donors (Lipinski definition) is 5. The summed E-state index contributed by atoms with van der Waals surface area (Å²) in [5, 5.41) is 29.0. The van der Waals surface area contributed by atoms with E-state index in [1.165, 1.54) is 13.2 Å². The highest BCUT2D eigenvalue weighted by Gasteiger charge is 2.41. The molecule has 7 N–H and O–H groups in total. The molecule has 1 heterocycles. The zero-order valence-corrected chi connectivity index (χ0v) is 25.8. The normalized spacial score (nSPS) is 16.3. The monoisotopic (exact) mass is 722 g/mol. The van der Waals surface area contributed by atoms with Gasteiger partial charge in [0.1, 0.15) is 17.9 Å². The van der Waals surface area contributed by atoms with Gasteiger partial charge in [-0.25, -0.2) is 23.1 Å². The summed E-state index contributed by atoms with van der Waals surface area (Å²) >= 11 is 0. The lowest BCUT2D eigenvalue weighted by atomic mass is 9.95. The molecule has 266 valence electrons.